The van der Waals surface area contributed by atoms with Crippen molar-refractivity contribution < 1.29 is 14.7 Å². The highest BCUT2D eigenvalue weighted by Crippen LogP contribution is 2.11. The molecule has 1 aromatic rings. The Hall–Kier alpha value is -1.95. The van der Waals surface area contributed by atoms with Gasteiger partial charge in [0.2, 0.25) is 5.91 Å². The third-order valence-corrected chi connectivity index (χ3v) is 2.81. The van der Waals surface area contributed by atoms with Crippen LogP contribution in [-0.4, -0.2) is 28.0 Å². The predicted octanol–water partition coefficient (Wildman–Crippen LogP) is 1.09. The minimum atomic E-state index is -1.09. The number of nitrogens with two attached hydrogens (primary N) is 1. The number of amides is 1. The number of nitrogens with one attached hydrogen (secondary N) is 1. The fraction of sp³-hybridized carbons (Fsp3) is 0.417. The second kappa shape index (κ2) is 6.11. The van der Waals surface area contributed by atoms with Gasteiger partial charge in [-0.05, 0) is 12.0 Å². The molecule has 2 atom stereocenters. The lowest BCUT2D eigenvalue weighted by molar-refractivity contribution is -0.118. The van der Waals surface area contributed by atoms with Gasteiger partial charge in [0.15, 0.2) is 0 Å². The van der Waals surface area contributed by atoms with E-state index in [1.807, 2.05) is 13.8 Å². The van der Waals surface area contributed by atoms with Crippen LogP contribution in [0.3, 0.4) is 0 Å². The van der Waals surface area contributed by atoms with Crippen molar-refractivity contribution in [2.24, 2.45) is 11.7 Å². The first kappa shape index (κ1) is 14.1. The van der Waals surface area contributed by atoms with Crippen molar-refractivity contribution in [2.45, 2.75) is 26.3 Å². The fourth-order valence-electron chi connectivity index (χ4n) is 1.36. The molecule has 0 bridgehead atoms. The SMILES string of the molecule is CCC(C)[C@H](N)C(=O)Nc1cncc(C(=O)O)c1. The smallest absolute Gasteiger partial charge is 0.337 e. The zero-order valence-corrected chi connectivity index (χ0v) is 10.4. The van der Waals surface area contributed by atoms with Gasteiger partial charge in [0, 0.05) is 6.20 Å². The molecule has 4 N–H and O–H groups in total. The molecule has 0 aliphatic rings. The van der Waals surface area contributed by atoms with Crippen LogP contribution in [0.2, 0.25) is 0 Å². The van der Waals surface area contributed by atoms with Gasteiger partial charge in [-0.2, -0.15) is 0 Å². The van der Waals surface area contributed by atoms with Crippen LogP contribution in [0.4, 0.5) is 5.69 Å². The lowest BCUT2D eigenvalue weighted by atomic mass is 9.99. The normalized spacial score (nSPS) is 13.7. The Kier molecular flexibility index (Phi) is 4.79. The number of carbonyl (C=O) groups excluding carboxylic acids is 1. The zero-order chi connectivity index (χ0) is 13.7. The molecule has 0 radical (unpaired) electrons. The monoisotopic (exact) mass is 251 g/mol. The van der Waals surface area contributed by atoms with Crippen LogP contribution in [0.5, 0.6) is 0 Å². The number of aromatic nitrogens is 1. The molecule has 0 saturated heterocycles. The van der Waals surface area contributed by atoms with Gasteiger partial charge in [0.25, 0.3) is 0 Å². The summed E-state index contributed by atoms with van der Waals surface area (Å²) >= 11 is 0. The molecule has 0 saturated carbocycles. The maximum Gasteiger partial charge on any atom is 0.337 e. The number of carboxylic acid groups (broad SMARTS) is 1. The number of nitrogens with zero attached hydrogens (tertiary/aromatic N) is 1. The summed E-state index contributed by atoms with van der Waals surface area (Å²) in [5.74, 6) is -1.38. The molecule has 1 rings (SSSR count). The number of hydrogen-bond donors (Lipinski definition) is 3. The van der Waals surface area contributed by atoms with E-state index < -0.39 is 12.0 Å². The summed E-state index contributed by atoms with van der Waals surface area (Å²) in [6.45, 7) is 3.83. The molecule has 1 aromatic heterocycles. The van der Waals surface area contributed by atoms with E-state index in [1.54, 1.807) is 0 Å². The number of hydrogen-bond acceptors (Lipinski definition) is 4. The summed E-state index contributed by atoms with van der Waals surface area (Å²) in [7, 11) is 0. The van der Waals surface area contributed by atoms with E-state index in [0.29, 0.717) is 5.69 Å². The molecule has 1 amide bonds. The van der Waals surface area contributed by atoms with Gasteiger partial charge < -0.3 is 16.2 Å². The first-order valence-electron chi connectivity index (χ1n) is 5.70. The Morgan fingerprint density at radius 2 is 2.17 bits per heavy atom. The van der Waals surface area contributed by atoms with Crippen LogP contribution in [0, 0.1) is 5.92 Å². The highest BCUT2D eigenvalue weighted by atomic mass is 16.4. The lowest BCUT2D eigenvalue weighted by Crippen LogP contribution is -2.40. The van der Waals surface area contributed by atoms with Crippen molar-refractivity contribution in [3.05, 3.63) is 24.0 Å². The van der Waals surface area contributed by atoms with E-state index in [2.05, 4.69) is 10.3 Å². The van der Waals surface area contributed by atoms with Crippen LogP contribution in [0.15, 0.2) is 18.5 Å². The third kappa shape index (κ3) is 3.53. The molecule has 0 spiro atoms. The van der Waals surface area contributed by atoms with Gasteiger partial charge in [-0.15, -0.1) is 0 Å². The van der Waals surface area contributed by atoms with E-state index in [-0.39, 0.29) is 17.4 Å². The second-order valence-corrected chi connectivity index (χ2v) is 4.17. The summed E-state index contributed by atoms with van der Waals surface area (Å²) in [5, 5.41) is 11.4. The van der Waals surface area contributed by atoms with Crippen molar-refractivity contribution in [3.8, 4) is 0 Å². The average Bonchev–Trinajstić information content (AvgIpc) is 2.37. The van der Waals surface area contributed by atoms with Crippen molar-refractivity contribution in [3.63, 3.8) is 0 Å². The Bertz CT molecular complexity index is 448. The summed E-state index contributed by atoms with van der Waals surface area (Å²) in [5.41, 5.74) is 6.12. The molecular weight excluding hydrogens is 234 g/mol. The Morgan fingerprint density at radius 1 is 1.50 bits per heavy atom. The van der Waals surface area contributed by atoms with Gasteiger partial charge in [-0.25, -0.2) is 4.79 Å². The molecule has 98 valence electrons. The molecule has 0 aliphatic heterocycles. The van der Waals surface area contributed by atoms with Gasteiger partial charge in [0.1, 0.15) is 0 Å². The topological polar surface area (TPSA) is 105 Å². The largest absolute Gasteiger partial charge is 0.478 e. The highest BCUT2D eigenvalue weighted by molar-refractivity contribution is 5.96. The summed E-state index contributed by atoms with van der Waals surface area (Å²) < 4.78 is 0. The Morgan fingerprint density at radius 3 is 2.72 bits per heavy atom. The minimum absolute atomic E-state index is 0.0184. The molecule has 0 fully saturated rings. The number of carboxylic acids is 1. The van der Waals surface area contributed by atoms with E-state index in [9.17, 15) is 9.59 Å². The fourth-order valence-corrected chi connectivity index (χ4v) is 1.36. The van der Waals surface area contributed by atoms with E-state index in [4.69, 9.17) is 10.8 Å². The van der Waals surface area contributed by atoms with Crippen molar-refractivity contribution in [1.29, 1.82) is 0 Å². The molecule has 18 heavy (non-hydrogen) atoms. The van der Waals surface area contributed by atoms with Crippen LogP contribution < -0.4 is 11.1 Å². The van der Waals surface area contributed by atoms with Gasteiger partial charge >= 0.3 is 5.97 Å². The van der Waals surface area contributed by atoms with Crippen molar-refractivity contribution in [2.75, 3.05) is 5.32 Å². The molecule has 1 heterocycles. The quantitative estimate of drug-likeness (QED) is 0.726. The van der Waals surface area contributed by atoms with Gasteiger partial charge in [-0.1, -0.05) is 20.3 Å². The predicted molar refractivity (Wildman–Crippen MR) is 67.3 cm³/mol. The number of aromatic carboxylic acids is 1. The number of anilines is 1. The maximum atomic E-state index is 11.8. The average molecular weight is 251 g/mol. The minimum Gasteiger partial charge on any atom is -0.478 e. The van der Waals surface area contributed by atoms with Crippen LogP contribution in [0.1, 0.15) is 30.6 Å². The molecule has 0 aliphatic carbocycles. The van der Waals surface area contributed by atoms with E-state index >= 15 is 0 Å². The number of carbonyl (C=O) groups is 2. The molecular formula is C12H17N3O3. The zero-order valence-electron chi connectivity index (χ0n) is 10.4. The summed E-state index contributed by atoms with van der Waals surface area (Å²) in [4.78, 5) is 26.3. The van der Waals surface area contributed by atoms with Gasteiger partial charge in [0.05, 0.1) is 23.5 Å². The molecule has 1 unspecified atom stereocenters. The summed E-state index contributed by atoms with van der Waals surface area (Å²) in [6, 6.07) is 0.722. The number of pyridine rings is 1. The van der Waals surface area contributed by atoms with Gasteiger partial charge in [-0.3, -0.25) is 9.78 Å². The maximum absolute atomic E-state index is 11.8. The van der Waals surface area contributed by atoms with Crippen molar-refractivity contribution >= 4 is 17.6 Å². The Balaban J connectivity index is 2.76. The first-order chi connectivity index (χ1) is 8.45. The van der Waals surface area contributed by atoms with Crippen LogP contribution >= 0.6 is 0 Å². The first-order valence-corrected chi connectivity index (χ1v) is 5.70. The highest BCUT2D eigenvalue weighted by Gasteiger charge is 2.19. The third-order valence-electron chi connectivity index (χ3n) is 2.81. The Labute approximate surface area is 105 Å². The lowest BCUT2D eigenvalue weighted by Gasteiger charge is -2.17. The van der Waals surface area contributed by atoms with Crippen LogP contribution in [-0.2, 0) is 4.79 Å². The second-order valence-electron chi connectivity index (χ2n) is 4.17. The van der Waals surface area contributed by atoms with E-state index in [0.717, 1.165) is 6.42 Å². The molecule has 6 nitrogen and oxygen atoms in total. The molecule has 6 heteroatoms. The summed E-state index contributed by atoms with van der Waals surface area (Å²) in [6.07, 6.45) is 3.39. The van der Waals surface area contributed by atoms with Crippen molar-refractivity contribution in [1.82, 2.24) is 4.98 Å². The molecule has 0 aromatic carbocycles. The van der Waals surface area contributed by atoms with E-state index in [1.165, 1.54) is 18.5 Å². The van der Waals surface area contributed by atoms with Crippen LogP contribution in [0.25, 0.3) is 0 Å². The number of rotatable bonds is 5. The standard InChI is InChI=1S/C12H17N3O3/c1-3-7(2)10(13)11(16)15-9-4-8(12(17)18)5-14-6-9/h4-7,10H,3,13H2,1-2H3,(H,15,16)(H,17,18)/t7?,10-/m0/s1.